The van der Waals surface area contributed by atoms with Crippen molar-refractivity contribution in [3.05, 3.63) is 65.7 Å². The average molecular weight is 346 g/mol. The number of hydrogen-bond acceptors (Lipinski definition) is 3. The first-order valence-corrected chi connectivity index (χ1v) is 8.91. The molecule has 1 aliphatic rings. The summed E-state index contributed by atoms with van der Waals surface area (Å²) in [5.74, 6) is 0.552. The molecule has 0 aromatic heterocycles. The van der Waals surface area contributed by atoms with Crippen molar-refractivity contribution in [2.75, 3.05) is 17.7 Å². The number of amides is 1. The van der Waals surface area contributed by atoms with E-state index < -0.39 is 0 Å². The molecule has 0 saturated heterocycles. The number of para-hydroxylation sites is 2. The SMILES string of the molecule is COc1ccccc1NC(=O)C(C)Nc1ccc2c3c(cccc13)CC2. The molecule has 26 heavy (non-hydrogen) atoms. The Labute approximate surface area is 153 Å². The molecule has 0 fully saturated rings. The lowest BCUT2D eigenvalue weighted by molar-refractivity contribution is -0.116. The third-order valence-corrected chi connectivity index (χ3v) is 5.01. The zero-order valence-corrected chi connectivity index (χ0v) is 15.0. The van der Waals surface area contributed by atoms with Crippen molar-refractivity contribution in [2.24, 2.45) is 0 Å². The van der Waals surface area contributed by atoms with Gasteiger partial charge >= 0.3 is 0 Å². The number of anilines is 2. The fraction of sp³-hybridized carbons (Fsp3) is 0.227. The van der Waals surface area contributed by atoms with E-state index in [1.165, 1.54) is 21.9 Å². The summed E-state index contributed by atoms with van der Waals surface area (Å²) in [6, 6.07) is 17.7. The third-order valence-electron chi connectivity index (χ3n) is 5.01. The maximum Gasteiger partial charge on any atom is 0.246 e. The van der Waals surface area contributed by atoms with E-state index in [0.717, 1.165) is 18.5 Å². The molecular formula is C22H22N2O2. The number of methoxy groups -OCH3 is 1. The van der Waals surface area contributed by atoms with Crippen LogP contribution >= 0.6 is 0 Å². The summed E-state index contributed by atoms with van der Waals surface area (Å²) in [6.45, 7) is 1.87. The summed E-state index contributed by atoms with van der Waals surface area (Å²) in [7, 11) is 1.60. The van der Waals surface area contributed by atoms with Gasteiger partial charge in [-0.25, -0.2) is 0 Å². The van der Waals surface area contributed by atoms with Crippen molar-refractivity contribution >= 4 is 28.1 Å². The Morgan fingerprint density at radius 1 is 0.962 bits per heavy atom. The van der Waals surface area contributed by atoms with Crippen LogP contribution in [0.5, 0.6) is 5.75 Å². The van der Waals surface area contributed by atoms with Gasteiger partial charge in [-0.15, -0.1) is 0 Å². The molecule has 1 atom stereocenters. The van der Waals surface area contributed by atoms with E-state index in [9.17, 15) is 4.79 Å². The van der Waals surface area contributed by atoms with Crippen LogP contribution in [0.15, 0.2) is 54.6 Å². The van der Waals surface area contributed by atoms with E-state index in [1.54, 1.807) is 7.11 Å². The lowest BCUT2D eigenvalue weighted by Gasteiger charge is -2.18. The summed E-state index contributed by atoms with van der Waals surface area (Å²) in [6.07, 6.45) is 2.19. The second-order valence-electron chi connectivity index (χ2n) is 6.67. The molecule has 0 saturated carbocycles. The highest BCUT2D eigenvalue weighted by Crippen LogP contribution is 2.35. The van der Waals surface area contributed by atoms with Gasteiger partial charge in [0.1, 0.15) is 11.8 Å². The first-order valence-electron chi connectivity index (χ1n) is 8.91. The predicted molar refractivity (Wildman–Crippen MR) is 106 cm³/mol. The smallest absolute Gasteiger partial charge is 0.246 e. The topological polar surface area (TPSA) is 50.4 Å². The molecule has 0 spiro atoms. The minimum atomic E-state index is -0.377. The minimum absolute atomic E-state index is 0.0993. The van der Waals surface area contributed by atoms with Crippen molar-refractivity contribution in [3.8, 4) is 5.75 Å². The zero-order chi connectivity index (χ0) is 18.1. The lowest BCUT2D eigenvalue weighted by Crippen LogP contribution is -2.32. The number of carbonyl (C=O) groups excluding carboxylic acids is 1. The van der Waals surface area contributed by atoms with Crippen LogP contribution in [0.4, 0.5) is 11.4 Å². The second kappa shape index (κ2) is 6.71. The van der Waals surface area contributed by atoms with Crippen LogP contribution in [-0.2, 0) is 17.6 Å². The molecule has 4 heteroatoms. The van der Waals surface area contributed by atoms with E-state index in [-0.39, 0.29) is 11.9 Å². The normalized spacial score (nSPS) is 13.5. The molecule has 0 aliphatic heterocycles. The Hall–Kier alpha value is -3.01. The molecule has 0 bridgehead atoms. The van der Waals surface area contributed by atoms with Crippen LogP contribution in [0.1, 0.15) is 18.1 Å². The molecule has 4 nitrogen and oxygen atoms in total. The largest absolute Gasteiger partial charge is 0.495 e. The fourth-order valence-corrected chi connectivity index (χ4v) is 3.66. The van der Waals surface area contributed by atoms with Crippen molar-refractivity contribution in [1.82, 2.24) is 0 Å². The summed E-state index contributed by atoms with van der Waals surface area (Å²) >= 11 is 0. The van der Waals surface area contributed by atoms with Crippen molar-refractivity contribution < 1.29 is 9.53 Å². The van der Waals surface area contributed by atoms with Crippen molar-refractivity contribution in [2.45, 2.75) is 25.8 Å². The quantitative estimate of drug-likeness (QED) is 0.720. The fourth-order valence-electron chi connectivity index (χ4n) is 3.66. The number of rotatable bonds is 5. The van der Waals surface area contributed by atoms with E-state index in [4.69, 9.17) is 4.74 Å². The van der Waals surface area contributed by atoms with E-state index in [1.807, 2.05) is 31.2 Å². The van der Waals surface area contributed by atoms with E-state index in [2.05, 4.69) is 41.0 Å². The molecule has 0 radical (unpaired) electrons. The molecule has 1 aliphatic carbocycles. The number of hydrogen-bond donors (Lipinski definition) is 2. The third kappa shape index (κ3) is 2.88. The molecule has 132 valence electrons. The summed E-state index contributed by atoms with van der Waals surface area (Å²) in [4.78, 5) is 12.6. The number of benzene rings is 3. The van der Waals surface area contributed by atoms with Gasteiger partial charge in [-0.05, 0) is 54.5 Å². The molecule has 4 rings (SSSR count). The highest BCUT2D eigenvalue weighted by atomic mass is 16.5. The van der Waals surface area contributed by atoms with E-state index in [0.29, 0.717) is 11.4 Å². The summed E-state index contributed by atoms with van der Waals surface area (Å²) in [5.41, 5.74) is 4.46. The second-order valence-corrected chi connectivity index (χ2v) is 6.67. The number of nitrogens with one attached hydrogen (secondary N) is 2. The Balaban J connectivity index is 1.56. The maximum atomic E-state index is 12.6. The molecular weight excluding hydrogens is 324 g/mol. The van der Waals surface area contributed by atoms with Gasteiger partial charge in [0.05, 0.1) is 12.8 Å². The highest BCUT2D eigenvalue weighted by Gasteiger charge is 2.19. The minimum Gasteiger partial charge on any atom is -0.495 e. The Kier molecular flexibility index (Phi) is 4.25. The van der Waals surface area contributed by atoms with Crippen LogP contribution in [-0.4, -0.2) is 19.1 Å². The van der Waals surface area contributed by atoms with Crippen LogP contribution < -0.4 is 15.4 Å². The van der Waals surface area contributed by atoms with Gasteiger partial charge in [0, 0.05) is 11.1 Å². The molecule has 3 aromatic rings. The van der Waals surface area contributed by atoms with Gasteiger partial charge in [-0.1, -0.05) is 36.4 Å². The Bertz CT molecular complexity index is 971. The molecule has 3 aromatic carbocycles. The first-order chi connectivity index (χ1) is 12.7. The Morgan fingerprint density at radius 2 is 1.73 bits per heavy atom. The molecule has 0 heterocycles. The maximum absolute atomic E-state index is 12.6. The van der Waals surface area contributed by atoms with Crippen LogP contribution in [0.2, 0.25) is 0 Å². The first kappa shape index (κ1) is 16.5. The zero-order valence-electron chi connectivity index (χ0n) is 15.0. The number of carbonyl (C=O) groups is 1. The van der Waals surface area contributed by atoms with Crippen molar-refractivity contribution in [3.63, 3.8) is 0 Å². The number of ether oxygens (including phenoxy) is 1. The van der Waals surface area contributed by atoms with Crippen LogP contribution in [0.25, 0.3) is 10.8 Å². The highest BCUT2D eigenvalue weighted by molar-refractivity contribution is 6.02. The van der Waals surface area contributed by atoms with Gasteiger partial charge < -0.3 is 15.4 Å². The van der Waals surface area contributed by atoms with E-state index >= 15 is 0 Å². The predicted octanol–water partition coefficient (Wildman–Crippen LogP) is 4.39. The van der Waals surface area contributed by atoms with Gasteiger partial charge in [0.25, 0.3) is 0 Å². The molecule has 2 N–H and O–H groups in total. The van der Waals surface area contributed by atoms with Gasteiger partial charge in [-0.3, -0.25) is 4.79 Å². The van der Waals surface area contributed by atoms with Crippen LogP contribution in [0, 0.1) is 0 Å². The molecule has 1 unspecified atom stereocenters. The monoisotopic (exact) mass is 346 g/mol. The van der Waals surface area contributed by atoms with Gasteiger partial charge in [0.15, 0.2) is 0 Å². The van der Waals surface area contributed by atoms with Gasteiger partial charge in [-0.2, -0.15) is 0 Å². The van der Waals surface area contributed by atoms with Gasteiger partial charge in [0.2, 0.25) is 5.91 Å². The van der Waals surface area contributed by atoms with Crippen molar-refractivity contribution in [1.29, 1.82) is 0 Å². The molecule has 1 amide bonds. The summed E-state index contributed by atoms with van der Waals surface area (Å²) < 4.78 is 5.30. The standard InChI is InChI=1S/C22H22N2O2/c1-14(22(25)24-19-8-3-4-9-20(19)26-2)23-18-13-12-16-11-10-15-6-5-7-17(18)21(15)16/h3-9,12-14,23H,10-11H2,1-2H3,(H,24,25). The van der Waals surface area contributed by atoms with Crippen LogP contribution in [0.3, 0.4) is 0 Å². The number of aryl methyl sites for hydroxylation is 2. The Morgan fingerprint density at radius 3 is 2.54 bits per heavy atom. The average Bonchev–Trinajstić information content (AvgIpc) is 3.09. The summed E-state index contributed by atoms with van der Waals surface area (Å²) in [5, 5.41) is 8.84. The lowest BCUT2D eigenvalue weighted by atomic mass is 10.0.